The van der Waals surface area contributed by atoms with Crippen molar-refractivity contribution >= 4 is 28.8 Å². The van der Waals surface area contributed by atoms with Crippen LogP contribution in [0.3, 0.4) is 0 Å². The number of thiophene rings is 1. The molecule has 142 valence electrons. The van der Waals surface area contributed by atoms with Gasteiger partial charge in [-0.3, -0.25) is 9.59 Å². The monoisotopic (exact) mass is 386 g/mol. The number of aryl methyl sites for hydroxylation is 1. The molecule has 0 saturated heterocycles. The maximum Gasteiger partial charge on any atom is 0.254 e. The first-order valence-electron chi connectivity index (χ1n) is 9.52. The van der Waals surface area contributed by atoms with Gasteiger partial charge in [0.25, 0.3) is 5.91 Å². The molecule has 0 atom stereocenters. The van der Waals surface area contributed by atoms with E-state index in [0.29, 0.717) is 25.1 Å². The molecule has 0 bridgehead atoms. The molecule has 2 amide bonds. The predicted octanol–water partition coefficient (Wildman–Crippen LogP) is 4.40. The fourth-order valence-electron chi connectivity index (χ4n) is 4.24. The molecule has 0 unspecified atom stereocenters. The average Bonchev–Trinajstić information content (AvgIpc) is 3.22. The van der Waals surface area contributed by atoms with Crippen LogP contribution in [0.1, 0.15) is 59.3 Å². The topological polar surface area (TPSA) is 58.2 Å². The summed E-state index contributed by atoms with van der Waals surface area (Å²) in [4.78, 5) is 25.5. The van der Waals surface area contributed by atoms with Crippen LogP contribution in [-0.2, 0) is 16.6 Å². The van der Waals surface area contributed by atoms with Crippen LogP contribution >= 0.6 is 11.3 Å². The Balaban J connectivity index is 1.53. The lowest BCUT2D eigenvalue weighted by Gasteiger charge is -2.36. The minimum absolute atomic E-state index is 0.0409. The minimum Gasteiger partial charge on any atom is -0.351 e. The lowest BCUT2D eigenvalue weighted by Crippen LogP contribution is -2.42. The first-order valence-corrected chi connectivity index (χ1v) is 10.4. The lowest BCUT2D eigenvalue weighted by molar-refractivity contribution is -0.116. The molecule has 6 heteroatoms. The Labute approximate surface area is 162 Å². The van der Waals surface area contributed by atoms with Gasteiger partial charge in [-0.2, -0.15) is 0 Å². The average molecular weight is 386 g/mol. The summed E-state index contributed by atoms with van der Waals surface area (Å²) < 4.78 is 14.5. The number of anilines is 1. The summed E-state index contributed by atoms with van der Waals surface area (Å²) in [5, 5.41) is 7.73. The number of halogens is 1. The third-order valence-electron chi connectivity index (χ3n) is 5.77. The number of carbonyl (C=O) groups is 2. The van der Waals surface area contributed by atoms with Crippen molar-refractivity contribution in [3.8, 4) is 0 Å². The number of hydrogen-bond acceptors (Lipinski definition) is 3. The van der Waals surface area contributed by atoms with E-state index in [-0.39, 0.29) is 22.8 Å². The highest BCUT2D eigenvalue weighted by Gasteiger charge is 2.35. The Morgan fingerprint density at radius 3 is 2.78 bits per heavy atom. The highest BCUT2D eigenvalue weighted by molar-refractivity contribution is 7.10. The second-order valence-corrected chi connectivity index (χ2v) is 8.49. The normalized spacial score (nSPS) is 18.5. The molecule has 2 heterocycles. The number of amides is 2. The Morgan fingerprint density at radius 2 is 2.04 bits per heavy atom. The maximum absolute atomic E-state index is 14.5. The van der Waals surface area contributed by atoms with Crippen LogP contribution in [0.2, 0.25) is 0 Å². The molecule has 2 aromatic rings. The van der Waals surface area contributed by atoms with Crippen LogP contribution in [0, 0.1) is 5.82 Å². The zero-order chi connectivity index (χ0) is 18.9. The molecule has 0 radical (unpaired) electrons. The van der Waals surface area contributed by atoms with Crippen LogP contribution < -0.4 is 10.6 Å². The summed E-state index contributed by atoms with van der Waals surface area (Å²) >= 11 is 1.73. The molecule has 1 aliphatic heterocycles. The molecule has 1 aromatic carbocycles. The second-order valence-electron chi connectivity index (χ2n) is 7.54. The van der Waals surface area contributed by atoms with Gasteiger partial charge in [-0.25, -0.2) is 4.39 Å². The van der Waals surface area contributed by atoms with E-state index < -0.39 is 5.82 Å². The van der Waals surface area contributed by atoms with Crippen molar-refractivity contribution in [3.63, 3.8) is 0 Å². The first kappa shape index (κ1) is 18.2. The van der Waals surface area contributed by atoms with E-state index in [1.807, 2.05) is 0 Å². The first-order chi connectivity index (χ1) is 13.1. The van der Waals surface area contributed by atoms with Gasteiger partial charge in [0.1, 0.15) is 5.82 Å². The summed E-state index contributed by atoms with van der Waals surface area (Å²) in [5.41, 5.74) is 1.30. The smallest absolute Gasteiger partial charge is 0.254 e. The van der Waals surface area contributed by atoms with Crippen LogP contribution in [0.4, 0.5) is 10.1 Å². The molecule has 1 aromatic heterocycles. The van der Waals surface area contributed by atoms with Crippen LogP contribution in [0.25, 0.3) is 0 Å². The summed E-state index contributed by atoms with van der Waals surface area (Å²) in [5.74, 6) is -1.09. The molecule has 0 spiro atoms. The van der Waals surface area contributed by atoms with Crippen molar-refractivity contribution < 1.29 is 14.0 Å². The number of nitrogens with one attached hydrogen (secondary N) is 2. The Kier molecular flexibility index (Phi) is 5.00. The highest BCUT2D eigenvalue weighted by atomic mass is 32.1. The number of carbonyl (C=O) groups excluding carboxylic acids is 2. The van der Waals surface area contributed by atoms with Crippen molar-refractivity contribution in [1.29, 1.82) is 0 Å². The fourth-order valence-corrected chi connectivity index (χ4v) is 5.23. The Morgan fingerprint density at radius 1 is 1.22 bits per heavy atom. The minimum atomic E-state index is -0.595. The maximum atomic E-state index is 14.5. The third-order valence-corrected chi connectivity index (χ3v) is 6.89. The van der Waals surface area contributed by atoms with E-state index in [1.165, 1.54) is 17.4 Å². The zero-order valence-corrected chi connectivity index (χ0v) is 16.0. The Hall–Kier alpha value is -2.21. The van der Waals surface area contributed by atoms with E-state index in [9.17, 15) is 14.0 Å². The van der Waals surface area contributed by atoms with Gasteiger partial charge in [-0.05, 0) is 48.4 Å². The van der Waals surface area contributed by atoms with Crippen molar-refractivity contribution in [1.82, 2.24) is 5.32 Å². The summed E-state index contributed by atoms with van der Waals surface area (Å²) in [6, 6.07) is 7.04. The molecule has 2 aliphatic rings. The van der Waals surface area contributed by atoms with Gasteiger partial charge >= 0.3 is 0 Å². The van der Waals surface area contributed by atoms with Crippen molar-refractivity contribution in [3.05, 3.63) is 51.5 Å². The number of fused-ring (bicyclic) bond motifs is 1. The summed E-state index contributed by atoms with van der Waals surface area (Å²) in [6.45, 7) is 0.527. The molecule has 1 fully saturated rings. The van der Waals surface area contributed by atoms with Gasteiger partial charge < -0.3 is 10.6 Å². The zero-order valence-electron chi connectivity index (χ0n) is 15.1. The second kappa shape index (κ2) is 7.43. The quantitative estimate of drug-likeness (QED) is 0.818. The summed E-state index contributed by atoms with van der Waals surface area (Å²) in [6.07, 6.45) is 6.52. The summed E-state index contributed by atoms with van der Waals surface area (Å²) in [7, 11) is 0. The van der Waals surface area contributed by atoms with Crippen molar-refractivity contribution in [2.24, 2.45) is 0 Å². The van der Waals surface area contributed by atoms with E-state index >= 15 is 0 Å². The van der Waals surface area contributed by atoms with E-state index in [2.05, 4.69) is 28.1 Å². The standard InChI is InChI=1S/C21H23FN2O2S/c22-16-12-17-14(6-7-19(25)24-17)11-15(16)20(26)23-13-21(8-2-1-3-9-21)18-5-4-10-27-18/h4-5,10-12H,1-3,6-9,13H2,(H,23,26)(H,24,25). The SMILES string of the molecule is O=C1CCc2cc(C(=O)NCC3(c4cccs4)CCCCC3)c(F)cc2N1. The molecular weight excluding hydrogens is 363 g/mol. The molecule has 4 rings (SSSR count). The van der Waals surface area contributed by atoms with Crippen molar-refractivity contribution in [2.75, 3.05) is 11.9 Å². The van der Waals surface area contributed by atoms with E-state index in [1.54, 1.807) is 17.4 Å². The molecule has 4 nitrogen and oxygen atoms in total. The number of hydrogen-bond donors (Lipinski definition) is 2. The molecule has 2 N–H and O–H groups in total. The fraction of sp³-hybridized carbons (Fsp3) is 0.429. The van der Waals surface area contributed by atoms with Crippen LogP contribution in [0.5, 0.6) is 0 Å². The molecule has 1 saturated carbocycles. The van der Waals surface area contributed by atoms with E-state index in [0.717, 1.165) is 31.2 Å². The van der Waals surface area contributed by atoms with E-state index in [4.69, 9.17) is 0 Å². The Bertz CT molecular complexity index is 857. The van der Waals surface area contributed by atoms with Gasteiger partial charge in [0.05, 0.1) is 5.56 Å². The highest BCUT2D eigenvalue weighted by Crippen LogP contribution is 2.41. The van der Waals surface area contributed by atoms with Gasteiger partial charge in [0.2, 0.25) is 5.91 Å². The van der Waals surface area contributed by atoms with Gasteiger partial charge in [0, 0.05) is 28.9 Å². The van der Waals surface area contributed by atoms with Gasteiger partial charge in [-0.15, -0.1) is 11.3 Å². The molecule has 1 aliphatic carbocycles. The van der Waals surface area contributed by atoms with Gasteiger partial charge in [-0.1, -0.05) is 25.3 Å². The van der Waals surface area contributed by atoms with Crippen molar-refractivity contribution in [2.45, 2.75) is 50.4 Å². The molecule has 27 heavy (non-hydrogen) atoms. The predicted molar refractivity (Wildman–Crippen MR) is 105 cm³/mol. The largest absolute Gasteiger partial charge is 0.351 e. The number of rotatable bonds is 4. The lowest BCUT2D eigenvalue weighted by atomic mass is 9.73. The van der Waals surface area contributed by atoms with Gasteiger partial charge in [0.15, 0.2) is 0 Å². The third kappa shape index (κ3) is 3.63. The number of benzene rings is 1. The molecular formula is C21H23FN2O2S. The van der Waals surface area contributed by atoms with Crippen LogP contribution in [0.15, 0.2) is 29.6 Å². The van der Waals surface area contributed by atoms with Crippen LogP contribution in [-0.4, -0.2) is 18.4 Å².